The molecule has 1 heterocycles. The molecule has 2 amide bonds. The third-order valence-corrected chi connectivity index (χ3v) is 6.63. The third kappa shape index (κ3) is 9.10. The number of likely N-dealkylation sites (tertiary alicyclic amines) is 1. The van der Waals surface area contributed by atoms with Crippen molar-refractivity contribution in [2.45, 2.75) is 70.9 Å². The van der Waals surface area contributed by atoms with Gasteiger partial charge in [-0.05, 0) is 62.4 Å². The van der Waals surface area contributed by atoms with Crippen molar-refractivity contribution < 1.29 is 28.6 Å². The first-order chi connectivity index (χ1) is 19.7. The van der Waals surface area contributed by atoms with E-state index in [0.717, 1.165) is 16.7 Å². The van der Waals surface area contributed by atoms with Gasteiger partial charge in [-0.2, -0.15) is 0 Å². The minimum Gasteiger partial charge on any atom is -0.489 e. The molecule has 4 rings (SSSR count). The lowest BCUT2D eigenvalue weighted by atomic mass is 10.0. The Morgan fingerprint density at radius 3 is 2.07 bits per heavy atom. The van der Waals surface area contributed by atoms with E-state index < -0.39 is 29.7 Å². The lowest BCUT2D eigenvalue weighted by molar-refractivity contribution is -0.155. The number of hydrogen-bond donors (Lipinski definition) is 1. The summed E-state index contributed by atoms with van der Waals surface area (Å²) in [4.78, 5) is 41.0. The van der Waals surface area contributed by atoms with Gasteiger partial charge in [-0.15, -0.1) is 0 Å². The van der Waals surface area contributed by atoms with Crippen molar-refractivity contribution in [3.8, 4) is 5.75 Å². The molecule has 41 heavy (non-hydrogen) atoms. The molecule has 1 fully saturated rings. The number of carbonyl (C=O) groups is 3. The number of nitrogens with zero attached hydrogens (tertiary/aromatic N) is 1. The van der Waals surface area contributed by atoms with Crippen LogP contribution in [0, 0.1) is 0 Å². The van der Waals surface area contributed by atoms with Crippen LogP contribution in [0.15, 0.2) is 84.9 Å². The number of alkyl carbamates (subject to hydrolysis) is 1. The molecule has 1 saturated heterocycles. The average molecular weight is 559 g/mol. The summed E-state index contributed by atoms with van der Waals surface area (Å²) in [5, 5.41) is 2.74. The molecule has 3 aromatic carbocycles. The molecule has 8 nitrogen and oxygen atoms in total. The number of esters is 1. The molecule has 1 aliphatic rings. The fourth-order valence-electron chi connectivity index (χ4n) is 4.65. The molecule has 0 unspecified atom stereocenters. The zero-order valence-electron chi connectivity index (χ0n) is 23.9. The highest BCUT2D eigenvalue weighted by Gasteiger charge is 2.39. The highest BCUT2D eigenvalue weighted by Crippen LogP contribution is 2.22. The molecule has 0 saturated carbocycles. The second kappa shape index (κ2) is 13.8. The van der Waals surface area contributed by atoms with Crippen molar-refractivity contribution in [1.29, 1.82) is 0 Å². The number of ether oxygens (including phenoxy) is 3. The van der Waals surface area contributed by atoms with E-state index in [-0.39, 0.29) is 18.9 Å². The predicted molar refractivity (Wildman–Crippen MR) is 155 cm³/mol. The summed E-state index contributed by atoms with van der Waals surface area (Å²) in [5.74, 6) is -0.101. The monoisotopic (exact) mass is 558 g/mol. The van der Waals surface area contributed by atoms with Crippen LogP contribution in [0.5, 0.6) is 5.75 Å². The Kier molecular flexibility index (Phi) is 10.0. The van der Waals surface area contributed by atoms with Gasteiger partial charge in [0.05, 0.1) is 0 Å². The Hall–Kier alpha value is -4.33. The van der Waals surface area contributed by atoms with Crippen LogP contribution in [-0.4, -0.2) is 47.1 Å². The fraction of sp³-hybridized carbons (Fsp3) is 0.364. The van der Waals surface area contributed by atoms with Crippen LogP contribution in [0.25, 0.3) is 0 Å². The van der Waals surface area contributed by atoms with E-state index in [0.29, 0.717) is 31.7 Å². The highest BCUT2D eigenvalue weighted by molar-refractivity contribution is 5.90. The van der Waals surface area contributed by atoms with Crippen molar-refractivity contribution in [1.82, 2.24) is 10.2 Å². The topological polar surface area (TPSA) is 94.2 Å². The molecule has 0 spiro atoms. The molecule has 0 radical (unpaired) electrons. The SMILES string of the molecule is CC(C)(C)OC(=O)N[C@@H](Cc1ccc(OCc2ccccc2)cc1)C(=O)N1CCC[C@@H]1C(=O)OCc1ccccc1. The van der Waals surface area contributed by atoms with Crippen LogP contribution in [0.1, 0.15) is 50.3 Å². The molecular formula is C33H38N2O6. The zero-order chi connectivity index (χ0) is 29.2. The Morgan fingerprint density at radius 2 is 1.46 bits per heavy atom. The molecule has 1 N–H and O–H groups in total. The van der Waals surface area contributed by atoms with E-state index in [1.807, 2.05) is 84.9 Å². The van der Waals surface area contributed by atoms with Crippen LogP contribution >= 0.6 is 0 Å². The maximum absolute atomic E-state index is 13.8. The summed E-state index contributed by atoms with van der Waals surface area (Å²) in [6.07, 6.45) is 0.704. The Balaban J connectivity index is 1.43. The van der Waals surface area contributed by atoms with Crippen molar-refractivity contribution in [2.75, 3.05) is 6.54 Å². The van der Waals surface area contributed by atoms with Gasteiger partial charge in [-0.25, -0.2) is 9.59 Å². The largest absolute Gasteiger partial charge is 0.489 e. The molecule has 0 aromatic heterocycles. The van der Waals surface area contributed by atoms with Crippen molar-refractivity contribution in [3.63, 3.8) is 0 Å². The van der Waals surface area contributed by atoms with Crippen molar-refractivity contribution in [2.24, 2.45) is 0 Å². The van der Waals surface area contributed by atoms with E-state index in [9.17, 15) is 14.4 Å². The maximum atomic E-state index is 13.8. The molecule has 216 valence electrons. The number of nitrogens with one attached hydrogen (secondary N) is 1. The second-order valence-electron chi connectivity index (χ2n) is 11.1. The van der Waals surface area contributed by atoms with Crippen molar-refractivity contribution >= 4 is 18.0 Å². The summed E-state index contributed by atoms with van der Waals surface area (Å²) < 4.78 is 16.9. The summed E-state index contributed by atoms with van der Waals surface area (Å²) in [5.41, 5.74) is 2.03. The minimum absolute atomic E-state index is 0.135. The van der Waals surface area contributed by atoms with Crippen LogP contribution in [-0.2, 0) is 38.7 Å². The van der Waals surface area contributed by atoms with Gasteiger partial charge in [0.2, 0.25) is 5.91 Å². The fourth-order valence-corrected chi connectivity index (χ4v) is 4.65. The summed E-state index contributed by atoms with van der Waals surface area (Å²) in [7, 11) is 0. The Morgan fingerprint density at radius 1 is 0.854 bits per heavy atom. The standard InChI is InChI=1S/C33H38N2O6/c1-33(2,3)41-32(38)34-28(21-24-16-18-27(19-17-24)39-22-25-11-6-4-7-12-25)30(36)35-20-10-15-29(35)31(37)40-23-26-13-8-5-9-14-26/h4-9,11-14,16-19,28-29H,10,15,20-23H2,1-3H3,(H,34,38)/t28-,29+/m0/s1. The van der Waals surface area contributed by atoms with Gasteiger partial charge in [0.1, 0.15) is 36.6 Å². The van der Waals surface area contributed by atoms with Crippen LogP contribution < -0.4 is 10.1 Å². The molecule has 0 aliphatic carbocycles. The van der Waals surface area contributed by atoms with E-state index in [2.05, 4.69) is 5.32 Å². The van der Waals surface area contributed by atoms with Crippen LogP contribution in [0.4, 0.5) is 4.79 Å². The molecule has 0 bridgehead atoms. The number of carbonyl (C=O) groups excluding carboxylic acids is 3. The zero-order valence-corrected chi connectivity index (χ0v) is 23.9. The quantitative estimate of drug-likeness (QED) is 0.333. The van der Waals surface area contributed by atoms with Crippen LogP contribution in [0.3, 0.4) is 0 Å². The van der Waals surface area contributed by atoms with Gasteiger partial charge in [0.15, 0.2) is 0 Å². The first-order valence-corrected chi connectivity index (χ1v) is 13.9. The lowest BCUT2D eigenvalue weighted by Crippen LogP contribution is -2.53. The van der Waals surface area contributed by atoms with Gasteiger partial charge in [-0.1, -0.05) is 72.8 Å². The molecule has 1 aliphatic heterocycles. The summed E-state index contributed by atoms with van der Waals surface area (Å²) in [6, 6.07) is 25.1. The smallest absolute Gasteiger partial charge is 0.408 e. The van der Waals surface area contributed by atoms with E-state index >= 15 is 0 Å². The van der Waals surface area contributed by atoms with Crippen LogP contribution in [0.2, 0.25) is 0 Å². The predicted octanol–water partition coefficient (Wildman–Crippen LogP) is 5.44. The third-order valence-electron chi connectivity index (χ3n) is 6.63. The molecule has 3 aromatic rings. The minimum atomic E-state index is -0.927. The average Bonchev–Trinajstić information content (AvgIpc) is 3.45. The Bertz CT molecular complexity index is 1290. The summed E-state index contributed by atoms with van der Waals surface area (Å²) >= 11 is 0. The molecule has 2 atom stereocenters. The lowest BCUT2D eigenvalue weighted by Gasteiger charge is -2.29. The van der Waals surface area contributed by atoms with Gasteiger partial charge >= 0.3 is 12.1 Å². The summed E-state index contributed by atoms with van der Waals surface area (Å²) in [6.45, 7) is 6.27. The van der Waals surface area contributed by atoms with Gasteiger partial charge < -0.3 is 24.4 Å². The second-order valence-corrected chi connectivity index (χ2v) is 11.1. The number of rotatable bonds is 10. The maximum Gasteiger partial charge on any atom is 0.408 e. The Labute approximate surface area is 241 Å². The number of hydrogen-bond acceptors (Lipinski definition) is 6. The molecular weight excluding hydrogens is 520 g/mol. The van der Waals surface area contributed by atoms with Gasteiger partial charge in [0, 0.05) is 13.0 Å². The number of benzene rings is 3. The highest BCUT2D eigenvalue weighted by atomic mass is 16.6. The van der Waals surface area contributed by atoms with Gasteiger partial charge in [0.25, 0.3) is 0 Å². The van der Waals surface area contributed by atoms with E-state index in [1.165, 1.54) is 4.90 Å². The first kappa shape index (κ1) is 29.6. The van der Waals surface area contributed by atoms with E-state index in [4.69, 9.17) is 14.2 Å². The van der Waals surface area contributed by atoms with Crippen molar-refractivity contribution in [3.05, 3.63) is 102 Å². The van der Waals surface area contributed by atoms with Gasteiger partial charge in [-0.3, -0.25) is 4.79 Å². The first-order valence-electron chi connectivity index (χ1n) is 13.9. The molecule has 8 heteroatoms. The number of amides is 2. The van der Waals surface area contributed by atoms with E-state index in [1.54, 1.807) is 20.8 Å². The normalized spacial score (nSPS) is 15.6.